The number of hydrogen-bond acceptors (Lipinski definition) is 7. The smallest absolute Gasteiger partial charge is 0.307 e. The van der Waals surface area contributed by atoms with Crippen molar-refractivity contribution in [1.82, 2.24) is 29.8 Å². The van der Waals surface area contributed by atoms with Crippen molar-refractivity contribution >= 4 is 87.4 Å². The van der Waals surface area contributed by atoms with Crippen LogP contribution >= 0.6 is 69.6 Å². The maximum absolute atomic E-state index is 13.2. The Bertz CT molecular complexity index is 2580. The average Bonchev–Trinajstić information content (AvgIpc) is 4.54. The number of hydrogen-bond donors (Lipinski definition) is 2. The molecule has 3 heterocycles. The molecule has 3 saturated heterocycles. The fraction of sp³-hybridized carbons (Fsp3) is 0.700. The van der Waals surface area contributed by atoms with Crippen LogP contribution in [0, 0.1) is 16.2 Å². The minimum atomic E-state index is -0.881. The number of nitrogens with zero attached hydrogens (tertiary/aromatic N) is 5. The van der Waals surface area contributed by atoms with Gasteiger partial charge in [0.05, 0.1) is 49.4 Å². The third-order valence-electron chi connectivity index (χ3n) is 21.7. The summed E-state index contributed by atoms with van der Waals surface area (Å²) in [4.78, 5) is 48.7. The molecule has 2 N–H and O–H groups in total. The predicted molar refractivity (Wildman–Crippen MR) is 365 cm³/mol. The summed E-state index contributed by atoms with van der Waals surface area (Å²) in [5.74, 6) is -0.530. The molecule has 2 amide bonds. The number of carboxylic acid groups (broad SMARTS) is 1. The quantitative estimate of drug-likeness (QED) is 0.130. The predicted octanol–water partition coefficient (Wildman–Crippen LogP) is 17.9. The number of aliphatic carboxylic acids is 1. The number of likely N-dealkylation sites (tertiary alicyclic amines) is 3. The Balaban J connectivity index is 0.000000219. The van der Waals surface area contributed by atoms with Crippen molar-refractivity contribution in [1.29, 1.82) is 0 Å². The van der Waals surface area contributed by atoms with Crippen LogP contribution in [0.3, 0.4) is 0 Å². The van der Waals surface area contributed by atoms with Gasteiger partial charge in [0.2, 0.25) is 11.8 Å². The second-order valence-electron chi connectivity index (χ2n) is 26.0. The first-order valence-electron chi connectivity index (χ1n) is 32.6. The van der Waals surface area contributed by atoms with Gasteiger partial charge in [-0.25, -0.2) is 0 Å². The lowest BCUT2D eigenvalue weighted by Gasteiger charge is -2.50. The van der Waals surface area contributed by atoms with Crippen molar-refractivity contribution in [2.24, 2.45) is 16.2 Å². The number of amides is 2. The van der Waals surface area contributed by atoms with Crippen LogP contribution in [0.5, 0.6) is 0 Å². The number of benzene rings is 3. The highest BCUT2D eigenvalue weighted by molar-refractivity contribution is 6.43. The molecule has 0 radical (unpaired) electrons. The van der Waals surface area contributed by atoms with E-state index in [1.165, 1.54) is 161 Å². The average molecular weight is 1310 g/mol. The zero-order chi connectivity index (χ0) is 62.1. The standard InChI is InChI=1S/2C23H34Cl2N2O.C15H30N2.C8H6Cl2O2.CH4/c1-4-23(5-2)11-10-20(27-12-6-7-13-27)21(16-23)26(3)22(28)15-17-8-9-18(24)19(25)14-17;1-4-23(5-2)11-10-20(21(16-23)27-12-6-7-13-27)26(3)22(28)15-17-8-9-18(24)19(25)14-17;1-4-15(5-2)9-8-14(13(12-15)16-3)17-10-6-7-11-17;9-6-2-1-5(3-7(6)10)4-8(11)12;/h2*8-9,14,20-21H,4-7,10-13,15-16H2,1-3H3;13-14,16H,4-12H2,1-3H3;1-3H,4H2,(H,11,12);1H4/t2*20-,21-;13-,14-;;/m111../s1. The molecule has 86 heavy (non-hydrogen) atoms. The van der Waals surface area contributed by atoms with Gasteiger partial charge >= 0.3 is 5.97 Å². The van der Waals surface area contributed by atoms with Gasteiger partial charge < -0.3 is 20.2 Å². The first-order valence-corrected chi connectivity index (χ1v) is 34.8. The van der Waals surface area contributed by atoms with Crippen molar-refractivity contribution in [3.8, 4) is 0 Å². The summed E-state index contributed by atoms with van der Waals surface area (Å²) < 4.78 is 0. The zero-order valence-corrected chi connectivity index (χ0v) is 57.6. The Hall–Kier alpha value is -2.35. The third kappa shape index (κ3) is 20.1. The van der Waals surface area contributed by atoms with Gasteiger partial charge in [-0.2, -0.15) is 0 Å². The largest absolute Gasteiger partial charge is 0.481 e. The van der Waals surface area contributed by atoms with Gasteiger partial charge in [0, 0.05) is 50.3 Å². The maximum Gasteiger partial charge on any atom is 0.307 e. The molecule has 3 saturated carbocycles. The van der Waals surface area contributed by atoms with E-state index in [1.54, 1.807) is 30.3 Å². The molecule has 3 aliphatic carbocycles. The van der Waals surface area contributed by atoms with E-state index in [-0.39, 0.29) is 25.7 Å². The molecule has 0 aromatic heterocycles. The Morgan fingerprint density at radius 1 is 0.477 bits per heavy atom. The molecular weight excluding hydrogens is 1200 g/mol. The minimum Gasteiger partial charge on any atom is -0.481 e. The second-order valence-corrected chi connectivity index (χ2v) is 28.4. The molecule has 0 bridgehead atoms. The normalized spacial score (nSPS) is 24.4. The molecule has 3 aromatic rings. The summed E-state index contributed by atoms with van der Waals surface area (Å²) in [6, 6.07) is 18.9. The number of carbonyl (C=O) groups excluding carboxylic acids is 2. The number of carboxylic acids is 1. The Kier molecular flexibility index (Phi) is 30.7. The maximum atomic E-state index is 13.2. The van der Waals surface area contributed by atoms with Crippen LogP contribution in [-0.4, -0.2) is 144 Å². The highest BCUT2D eigenvalue weighted by Gasteiger charge is 2.46. The number of likely N-dealkylation sites (N-methyl/N-ethyl adjacent to an activating group) is 3. The van der Waals surface area contributed by atoms with Crippen LogP contribution in [0.15, 0.2) is 54.6 Å². The van der Waals surface area contributed by atoms with Crippen molar-refractivity contribution in [2.75, 3.05) is 60.4 Å². The summed E-state index contributed by atoms with van der Waals surface area (Å²) in [5, 5.41) is 15.0. The number of rotatable bonds is 18. The topological polar surface area (TPSA) is 99.7 Å². The monoisotopic (exact) mass is 1310 g/mol. The molecule has 6 aliphatic rings. The molecule has 484 valence electrons. The van der Waals surface area contributed by atoms with E-state index < -0.39 is 5.97 Å². The number of halogens is 6. The van der Waals surface area contributed by atoms with Crippen LogP contribution in [0.2, 0.25) is 30.1 Å². The number of nitrogens with one attached hydrogen (secondary N) is 1. The highest BCUT2D eigenvalue weighted by atomic mass is 35.5. The molecule has 3 aliphatic heterocycles. The van der Waals surface area contributed by atoms with Gasteiger partial charge in [-0.1, -0.05) is 175 Å². The van der Waals surface area contributed by atoms with E-state index >= 15 is 0 Å². The van der Waals surface area contributed by atoms with E-state index in [2.05, 4.69) is 68.6 Å². The summed E-state index contributed by atoms with van der Waals surface area (Å²) in [7, 11) is 6.17. The third-order valence-corrected chi connectivity index (χ3v) is 23.9. The molecule has 16 heteroatoms. The van der Waals surface area contributed by atoms with Crippen LogP contribution < -0.4 is 5.32 Å². The van der Waals surface area contributed by atoms with Crippen LogP contribution in [0.4, 0.5) is 0 Å². The van der Waals surface area contributed by atoms with E-state index in [0.29, 0.717) is 89.0 Å². The minimum absolute atomic E-state index is 0. The lowest BCUT2D eigenvalue weighted by Crippen LogP contribution is -2.56. The molecule has 6 atom stereocenters. The Morgan fingerprint density at radius 2 is 0.814 bits per heavy atom. The van der Waals surface area contributed by atoms with Crippen LogP contribution in [0.1, 0.15) is 200 Å². The van der Waals surface area contributed by atoms with E-state index in [4.69, 9.17) is 74.7 Å². The molecule has 9 rings (SSSR count). The van der Waals surface area contributed by atoms with Crippen molar-refractivity contribution in [3.63, 3.8) is 0 Å². The van der Waals surface area contributed by atoms with E-state index in [1.807, 2.05) is 48.2 Å². The van der Waals surface area contributed by atoms with Crippen LogP contribution in [-0.2, 0) is 33.6 Å². The zero-order valence-electron chi connectivity index (χ0n) is 53.0. The van der Waals surface area contributed by atoms with Gasteiger partial charge in [0.1, 0.15) is 0 Å². The van der Waals surface area contributed by atoms with Crippen molar-refractivity contribution < 1.29 is 19.5 Å². The van der Waals surface area contributed by atoms with Gasteiger partial charge in [-0.05, 0) is 212 Å². The van der Waals surface area contributed by atoms with Crippen molar-refractivity contribution in [3.05, 3.63) is 101 Å². The van der Waals surface area contributed by atoms with E-state index in [0.717, 1.165) is 36.1 Å². The van der Waals surface area contributed by atoms with Gasteiger partial charge in [-0.3, -0.25) is 29.1 Å². The Morgan fingerprint density at radius 3 is 1.20 bits per heavy atom. The molecule has 0 unspecified atom stereocenters. The first-order chi connectivity index (χ1) is 40.6. The summed E-state index contributed by atoms with van der Waals surface area (Å²) in [6.07, 6.45) is 27.7. The fourth-order valence-electron chi connectivity index (χ4n) is 15.4. The number of carbonyl (C=O) groups is 3. The highest BCUT2D eigenvalue weighted by Crippen LogP contribution is 2.48. The molecular formula is C70H108Cl6N6O4. The Labute approximate surface area is 550 Å². The molecule has 6 fully saturated rings. The van der Waals surface area contributed by atoms with Gasteiger partial charge in [0.15, 0.2) is 0 Å². The molecule has 3 aromatic carbocycles. The SMILES string of the molecule is C.CCC1(CC)CC[C@@H](N(C)C(=O)Cc2ccc(Cl)c(Cl)c2)[C@H](N2CCCC2)C1.CCC1(CC)CC[C@@H](N2CCCC2)[C@H](N(C)C(=O)Cc2ccc(Cl)c(Cl)c2)C1.CCC1(CC)CC[C@@H](N2CCCC2)[C@H](NC)C1.O=C(O)Cc1ccc(Cl)c(Cl)c1. The second kappa shape index (κ2) is 35.5. The summed E-state index contributed by atoms with van der Waals surface area (Å²) in [6.45, 7) is 21.5. The fourth-order valence-corrected chi connectivity index (χ4v) is 16.3. The van der Waals surface area contributed by atoms with E-state index in [9.17, 15) is 14.4 Å². The first kappa shape index (κ1) is 74.4. The van der Waals surface area contributed by atoms with Crippen molar-refractivity contribution in [2.45, 2.75) is 239 Å². The molecule has 0 spiro atoms. The summed E-state index contributed by atoms with van der Waals surface area (Å²) >= 11 is 35.6. The lowest BCUT2D eigenvalue weighted by molar-refractivity contribution is -0.136. The van der Waals surface area contributed by atoms with Gasteiger partial charge in [-0.15, -0.1) is 0 Å². The molecule has 10 nitrogen and oxygen atoms in total. The summed E-state index contributed by atoms with van der Waals surface area (Å²) in [5.41, 5.74) is 3.95. The van der Waals surface area contributed by atoms with Gasteiger partial charge in [0.25, 0.3) is 0 Å². The van der Waals surface area contributed by atoms with Crippen LogP contribution in [0.25, 0.3) is 0 Å². The lowest BCUT2D eigenvalue weighted by atomic mass is 9.66.